The summed E-state index contributed by atoms with van der Waals surface area (Å²) in [5.74, 6) is 1.02. The molecule has 0 saturated heterocycles. The normalized spacial score (nSPS) is 15.8. The number of fused-ring (bicyclic) bond motifs is 1. The number of hydrogen-bond acceptors (Lipinski definition) is 3. The van der Waals surface area contributed by atoms with E-state index in [1.807, 2.05) is 39.1 Å². The third kappa shape index (κ3) is 3.86. The third-order valence-electron chi connectivity index (χ3n) is 4.33. The molecule has 0 atom stereocenters. The molecule has 2 aromatic heterocycles. The Balaban J connectivity index is 1.72. The molecule has 130 valence electrons. The van der Waals surface area contributed by atoms with Crippen molar-refractivity contribution in [3.05, 3.63) is 24.2 Å². The lowest BCUT2D eigenvalue weighted by Crippen LogP contribution is -2.46. The summed E-state index contributed by atoms with van der Waals surface area (Å²) in [5, 5.41) is 5.84. The summed E-state index contributed by atoms with van der Waals surface area (Å²) in [7, 11) is 0. The van der Waals surface area contributed by atoms with Gasteiger partial charge in [-0.15, -0.1) is 0 Å². The Morgan fingerprint density at radius 1 is 1.33 bits per heavy atom. The second-order valence-electron chi connectivity index (χ2n) is 7.56. The smallest absolute Gasteiger partial charge is 0.315 e. The van der Waals surface area contributed by atoms with Gasteiger partial charge in [0.05, 0.1) is 0 Å². The van der Waals surface area contributed by atoms with Crippen molar-refractivity contribution in [2.75, 3.05) is 6.54 Å². The molecule has 0 aliphatic heterocycles. The average Bonchev–Trinajstić information content (AvgIpc) is 3.11. The van der Waals surface area contributed by atoms with Crippen LogP contribution in [-0.2, 0) is 6.42 Å². The van der Waals surface area contributed by atoms with Crippen LogP contribution in [0.5, 0.6) is 0 Å². The minimum Gasteiger partial charge on any atom is -0.338 e. The Morgan fingerprint density at radius 2 is 2.08 bits per heavy atom. The summed E-state index contributed by atoms with van der Waals surface area (Å²) in [6.45, 7) is 6.48. The molecule has 3 rings (SSSR count). The van der Waals surface area contributed by atoms with Crippen molar-refractivity contribution in [2.45, 2.75) is 64.5 Å². The zero-order valence-electron chi connectivity index (χ0n) is 14.8. The molecule has 0 bridgehead atoms. The molecule has 2 N–H and O–H groups in total. The van der Waals surface area contributed by atoms with Crippen LogP contribution in [-0.4, -0.2) is 32.6 Å². The second-order valence-corrected chi connectivity index (χ2v) is 7.56. The fourth-order valence-corrected chi connectivity index (χ4v) is 3.37. The minimum atomic E-state index is -0.231. The van der Waals surface area contributed by atoms with Gasteiger partial charge in [-0.25, -0.2) is 14.8 Å². The van der Waals surface area contributed by atoms with Crippen LogP contribution in [0.1, 0.15) is 58.3 Å². The van der Waals surface area contributed by atoms with Gasteiger partial charge < -0.3 is 15.2 Å². The van der Waals surface area contributed by atoms with E-state index in [0.29, 0.717) is 19.0 Å². The predicted octanol–water partition coefficient (Wildman–Crippen LogP) is 3.19. The molecule has 0 aromatic carbocycles. The summed E-state index contributed by atoms with van der Waals surface area (Å²) in [6, 6.07) is 4.29. The van der Waals surface area contributed by atoms with Crippen LogP contribution >= 0.6 is 0 Å². The van der Waals surface area contributed by atoms with Gasteiger partial charge in [-0.2, -0.15) is 0 Å². The summed E-state index contributed by atoms with van der Waals surface area (Å²) < 4.78 is 2.30. The van der Waals surface area contributed by atoms with Gasteiger partial charge in [-0.3, -0.25) is 0 Å². The third-order valence-corrected chi connectivity index (χ3v) is 4.33. The van der Waals surface area contributed by atoms with Crippen molar-refractivity contribution in [1.29, 1.82) is 0 Å². The van der Waals surface area contributed by atoms with Gasteiger partial charge >= 0.3 is 6.03 Å². The van der Waals surface area contributed by atoms with E-state index in [2.05, 4.69) is 20.2 Å². The predicted molar refractivity (Wildman–Crippen MR) is 95.0 cm³/mol. The SMILES string of the molecule is CC(C)(C)NC(=O)NCCc1nc2cccnc2n1C1CCCC1. The number of nitrogens with zero attached hydrogens (tertiary/aromatic N) is 3. The number of urea groups is 1. The molecule has 0 unspecified atom stereocenters. The quantitative estimate of drug-likeness (QED) is 0.905. The highest BCUT2D eigenvalue weighted by atomic mass is 16.2. The van der Waals surface area contributed by atoms with Crippen LogP contribution < -0.4 is 10.6 Å². The van der Waals surface area contributed by atoms with Crippen LogP contribution in [0.2, 0.25) is 0 Å². The maximum Gasteiger partial charge on any atom is 0.315 e. The van der Waals surface area contributed by atoms with E-state index < -0.39 is 0 Å². The van der Waals surface area contributed by atoms with Crippen molar-refractivity contribution in [1.82, 2.24) is 25.2 Å². The summed E-state index contributed by atoms with van der Waals surface area (Å²) in [4.78, 5) is 21.2. The molecule has 6 nitrogen and oxygen atoms in total. The van der Waals surface area contributed by atoms with Gasteiger partial charge in [0, 0.05) is 30.7 Å². The molecule has 0 radical (unpaired) electrons. The molecule has 1 fully saturated rings. The van der Waals surface area contributed by atoms with Crippen molar-refractivity contribution < 1.29 is 4.79 Å². The van der Waals surface area contributed by atoms with E-state index in [4.69, 9.17) is 4.98 Å². The molecular formula is C18H27N5O. The van der Waals surface area contributed by atoms with Crippen molar-refractivity contribution in [2.24, 2.45) is 0 Å². The van der Waals surface area contributed by atoms with Crippen LogP contribution in [0.25, 0.3) is 11.2 Å². The highest BCUT2D eigenvalue weighted by Gasteiger charge is 2.23. The standard InChI is InChI=1S/C18H27N5O/c1-18(2,3)22-17(24)20-12-10-15-21-14-9-6-11-19-16(14)23(15)13-7-4-5-8-13/h6,9,11,13H,4-5,7-8,10,12H2,1-3H3,(H2,20,22,24). The molecule has 2 amide bonds. The van der Waals surface area contributed by atoms with Gasteiger partial charge in [0.2, 0.25) is 0 Å². The number of amides is 2. The van der Waals surface area contributed by atoms with E-state index in [1.165, 1.54) is 25.7 Å². The Morgan fingerprint density at radius 3 is 2.79 bits per heavy atom. The molecular weight excluding hydrogens is 302 g/mol. The second kappa shape index (κ2) is 6.79. The van der Waals surface area contributed by atoms with E-state index in [1.54, 1.807) is 0 Å². The highest BCUT2D eigenvalue weighted by Crippen LogP contribution is 2.33. The van der Waals surface area contributed by atoms with Crippen molar-refractivity contribution >= 4 is 17.2 Å². The molecule has 1 aliphatic carbocycles. The Kier molecular flexibility index (Phi) is 4.73. The molecule has 1 saturated carbocycles. The van der Waals surface area contributed by atoms with E-state index in [9.17, 15) is 4.79 Å². The van der Waals surface area contributed by atoms with Crippen LogP contribution in [0.3, 0.4) is 0 Å². The molecule has 1 aliphatic rings. The maximum absolute atomic E-state index is 11.9. The summed E-state index contributed by atoms with van der Waals surface area (Å²) >= 11 is 0. The first-order valence-electron chi connectivity index (χ1n) is 8.82. The van der Waals surface area contributed by atoms with E-state index in [0.717, 1.165) is 17.0 Å². The van der Waals surface area contributed by atoms with Crippen LogP contribution in [0.15, 0.2) is 18.3 Å². The van der Waals surface area contributed by atoms with Gasteiger partial charge in [0.15, 0.2) is 5.65 Å². The number of pyridine rings is 1. The fourth-order valence-electron chi connectivity index (χ4n) is 3.37. The first-order valence-corrected chi connectivity index (χ1v) is 8.82. The zero-order valence-corrected chi connectivity index (χ0v) is 14.8. The fraction of sp³-hybridized carbons (Fsp3) is 0.611. The Hall–Kier alpha value is -2.11. The number of carbonyl (C=O) groups is 1. The van der Waals surface area contributed by atoms with Crippen molar-refractivity contribution in [3.8, 4) is 0 Å². The number of rotatable bonds is 4. The molecule has 2 aromatic rings. The lowest BCUT2D eigenvalue weighted by atomic mass is 10.1. The average molecular weight is 329 g/mol. The van der Waals surface area contributed by atoms with E-state index >= 15 is 0 Å². The molecule has 0 spiro atoms. The minimum absolute atomic E-state index is 0.135. The van der Waals surface area contributed by atoms with Crippen LogP contribution in [0.4, 0.5) is 4.79 Å². The molecule has 6 heteroatoms. The van der Waals surface area contributed by atoms with Gasteiger partial charge in [0.25, 0.3) is 0 Å². The zero-order chi connectivity index (χ0) is 17.2. The van der Waals surface area contributed by atoms with Gasteiger partial charge in [-0.05, 0) is 45.7 Å². The van der Waals surface area contributed by atoms with E-state index in [-0.39, 0.29) is 11.6 Å². The Labute approximate surface area is 143 Å². The van der Waals surface area contributed by atoms with Gasteiger partial charge in [-0.1, -0.05) is 12.8 Å². The summed E-state index contributed by atoms with van der Waals surface area (Å²) in [6.07, 6.45) is 7.45. The first kappa shape index (κ1) is 16.7. The van der Waals surface area contributed by atoms with Crippen LogP contribution in [0, 0.1) is 0 Å². The number of imidazole rings is 1. The number of hydrogen-bond donors (Lipinski definition) is 2. The number of aromatic nitrogens is 3. The lowest BCUT2D eigenvalue weighted by Gasteiger charge is -2.21. The number of carbonyl (C=O) groups excluding carboxylic acids is 1. The number of nitrogens with one attached hydrogen (secondary N) is 2. The maximum atomic E-state index is 11.9. The van der Waals surface area contributed by atoms with Crippen molar-refractivity contribution in [3.63, 3.8) is 0 Å². The summed E-state index contributed by atoms with van der Waals surface area (Å²) in [5.41, 5.74) is 1.68. The van der Waals surface area contributed by atoms with Gasteiger partial charge in [0.1, 0.15) is 11.3 Å². The monoisotopic (exact) mass is 329 g/mol. The Bertz CT molecular complexity index is 710. The first-order chi connectivity index (χ1) is 11.4. The molecule has 2 heterocycles. The highest BCUT2D eigenvalue weighted by molar-refractivity contribution is 5.74. The lowest BCUT2D eigenvalue weighted by molar-refractivity contribution is 0.232. The molecule has 24 heavy (non-hydrogen) atoms. The largest absolute Gasteiger partial charge is 0.338 e. The topological polar surface area (TPSA) is 71.8 Å².